The van der Waals surface area contributed by atoms with Crippen molar-refractivity contribution in [2.45, 2.75) is 44.9 Å². The molecule has 0 aromatic heterocycles. The second kappa shape index (κ2) is 15.0. The molecule has 0 aliphatic rings. The van der Waals surface area contributed by atoms with Gasteiger partial charge in [-0.05, 0) is 59.5 Å². The molecule has 0 unspecified atom stereocenters. The van der Waals surface area contributed by atoms with E-state index in [0.717, 1.165) is 0 Å². The first-order chi connectivity index (χ1) is 20.7. The van der Waals surface area contributed by atoms with E-state index in [-0.39, 0.29) is 22.6 Å². The first kappa shape index (κ1) is 34.2. The number of amides is 2. The molecule has 0 radical (unpaired) electrons. The molecule has 7 nitrogen and oxygen atoms in total. The zero-order chi connectivity index (χ0) is 32.6. The van der Waals surface area contributed by atoms with E-state index in [1.165, 1.54) is 87.7 Å². The molecular weight excluding hydrogens is 604 g/mol. The number of ether oxygens (including phenoxy) is 1. The van der Waals surface area contributed by atoms with E-state index in [1.807, 2.05) is 0 Å². The van der Waals surface area contributed by atoms with Crippen LogP contribution in [0, 0.1) is 17.7 Å². The number of nitrogens with one attached hydrogen (secondary N) is 2. The third-order valence-electron chi connectivity index (χ3n) is 6.94. The minimum absolute atomic E-state index is 0.128. The molecule has 0 aliphatic heterocycles. The molecule has 0 saturated carbocycles. The summed E-state index contributed by atoms with van der Waals surface area (Å²) in [5.41, 5.74) is 0.680. The monoisotopic (exact) mass is 634 g/mol. The smallest absolute Gasteiger partial charge is 0.450 e. The van der Waals surface area contributed by atoms with Crippen LogP contribution in [0.5, 0.6) is 5.75 Å². The van der Waals surface area contributed by atoms with Crippen LogP contribution in [0.3, 0.4) is 0 Å². The van der Waals surface area contributed by atoms with Crippen LogP contribution in [0.2, 0.25) is 5.02 Å². The largest absolute Gasteiger partial charge is 0.497 e. The second-order valence-corrected chi connectivity index (χ2v) is 10.9. The molecule has 3 aromatic rings. The van der Waals surface area contributed by atoms with Crippen LogP contribution in [0.15, 0.2) is 72.8 Å². The van der Waals surface area contributed by atoms with Gasteiger partial charge in [-0.1, -0.05) is 55.8 Å². The maximum atomic E-state index is 14.0. The minimum Gasteiger partial charge on any atom is -0.497 e. The van der Waals surface area contributed by atoms with Crippen LogP contribution < -0.4 is 15.4 Å². The Bertz CT molecular complexity index is 1490. The normalized spacial score (nSPS) is 13.5. The number of carbonyl (C=O) groups excluding carboxylic acids is 4. The Labute approximate surface area is 256 Å². The Kier molecular flexibility index (Phi) is 11.6. The molecular formula is C32H31ClF4N2O5. The standard InChI is InChI=1S/C32H31ClF4N2O5/c1-18(2)25(29(41)32(35,36)37)17-27(40)28(20-10-12-24(44-3)13-11-20)39-31(43)26(15-19-6-4-9-23(34)14-19)38-30(42)21-7-5-8-22(33)16-21/h4-14,16,18,25-26,28H,15,17H2,1-3H3,(H,38,42)(H,39,43)/t25-,26-,28-/m0/s1. The summed E-state index contributed by atoms with van der Waals surface area (Å²) in [5.74, 6) is -7.15. The molecule has 0 fully saturated rings. The number of benzene rings is 3. The fourth-order valence-corrected chi connectivity index (χ4v) is 4.74. The number of carbonyl (C=O) groups is 4. The predicted octanol–water partition coefficient (Wildman–Crippen LogP) is 6.05. The van der Waals surface area contributed by atoms with Gasteiger partial charge in [-0.3, -0.25) is 19.2 Å². The third kappa shape index (κ3) is 9.37. The second-order valence-electron chi connectivity index (χ2n) is 10.5. The van der Waals surface area contributed by atoms with E-state index in [9.17, 15) is 36.7 Å². The lowest BCUT2D eigenvalue weighted by atomic mass is 9.84. The van der Waals surface area contributed by atoms with Crippen molar-refractivity contribution < 1.29 is 41.5 Å². The number of ketones is 2. The first-order valence-corrected chi connectivity index (χ1v) is 14.0. The van der Waals surface area contributed by atoms with Crippen molar-refractivity contribution in [1.82, 2.24) is 10.6 Å². The van der Waals surface area contributed by atoms with Crippen LogP contribution in [0.25, 0.3) is 0 Å². The number of hydrogen-bond acceptors (Lipinski definition) is 5. The molecule has 0 aliphatic carbocycles. The van der Waals surface area contributed by atoms with Gasteiger partial charge in [0.25, 0.3) is 5.91 Å². The molecule has 44 heavy (non-hydrogen) atoms. The number of Topliss-reactive ketones (excluding diaryl/α,β-unsaturated/α-hetero) is 2. The Balaban J connectivity index is 1.97. The fraction of sp³-hybridized carbons (Fsp3) is 0.312. The molecule has 0 bridgehead atoms. The number of halogens is 5. The average molecular weight is 635 g/mol. The van der Waals surface area contributed by atoms with E-state index >= 15 is 0 Å². The average Bonchev–Trinajstić information content (AvgIpc) is 2.97. The summed E-state index contributed by atoms with van der Waals surface area (Å²) < 4.78 is 59.1. The highest BCUT2D eigenvalue weighted by Crippen LogP contribution is 2.30. The highest BCUT2D eigenvalue weighted by Gasteiger charge is 2.45. The Hall–Kier alpha value is -4.25. The molecule has 3 atom stereocenters. The van der Waals surface area contributed by atoms with Crippen molar-refractivity contribution in [2.24, 2.45) is 11.8 Å². The number of methoxy groups -OCH3 is 1. The molecule has 0 saturated heterocycles. The van der Waals surface area contributed by atoms with E-state index in [4.69, 9.17) is 16.3 Å². The predicted molar refractivity (Wildman–Crippen MR) is 156 cm³/mol. The molecule has 12 heteroatoms. The Morgan fingerprint density at radius 3 is 2.14 bits per heavy atom. The number of hydrogen-bond donors (Lipinski definition) is 2. The molecule has 3 aromatic carbocycles. The summed E-state index contributed by atoms with van der Waals surface area (Å²) in [7, 11) is 1.41. The summed E-state index contributed by atoms with van der Waals surface area (Å²) in [6, 6.07) is 14.3. The maximum Gasteiger partial charge on any atom is 0.450 e. The lowest BCUT2D eigenvalue weighted by Crippen LogP contribution is -2.50. The number of alkyl halides is 3. The molecule has 2 N–H and O–H groups in total. The minimum atomic E-state index is -5.16. The van der Waals surface area contributed by atoms with E-state index in [1.54, 1.807) is 6.07 Å². The zero-order valence-electron chi connectivity index (χ0n) is 24.1. The fourth-order valence-electron chi connectivity index (χ4n) is 4.55. The van der Waals surface area contributed by atoms with Gasteiger partial charge in [0.05, 0.1) is 7.11 Å². The lowest BCUT2D eigenvalue weighted by molar-refractivity contribution is -0.177. The first-order valence-electron chi connectivity index (χ1n) is 13.6. The van der Waals surface area contributed by atoms with Gasteiger partial charge in [0.2, 0.25) is 11.7 Å². The highest BCUT2D eigenvalue weighted by molar-refractivity contribution is 6.31. The van der Waals surface area contributed by atoms with Gasteiger partial charge in [-0.2, -0.15) is 13.2 Å². The summed E-state index contributed by atoms with van der Waals surface area (Å²) >= 11 is 6.00. The van der Waals surface area contributed by atoms with E-state index < -0.39 is 65.7 Å². The van der Waals surface area contributed by atoms with E-state index in [0.29, 0.717) is 11.3 Å². The van der Waals surface area contributed by atoms with Crippen LogP contribution in [0.4, 0.5) is 17.6 Å². The third-order valence-corrected chi connectivity index (χ3v) is 7.17. The van der Waals surface area contributed by atoms with Gasteiger partial charge in [-0.15, -0.1) is 0 Å². The van der Waals surface area contributed by atoms with Crippen molar-refractivity contribution in [3.05, 3.63) is 100 Å². The van der Waals surface area contributed by atoms with Crippen LogP contribution >= 0.6 is 11.6 Å². The van der Waals surface area contributed by atoms with Gasteiger partial charge < -0.3 is 15.4 Å². The van der Waals surface area contributed by atoms with Gasteiger partial charge in [-0.25, -0.2) is 4.39 Å². The highest BCUT2D eigenvalue weighted by atomic mass is 35.5. The van der Waals surface area contributed by atoms with Crippen molar-refractivity contribution in [1.29, 1.82) is 0 Å². The molecule has 0 spiro atoms. The van der Waals surface area contributed by atoms with Crippen LogP contribution in [-0.4, -0.2) is 42.7 Å². The van der Waals surface area contributed by atoms with Gasteiger partial charge in [0.15, 0.2) is 5.78 Å². The number of rotatable bonds is 13. The van der Waals surface area contributed by atoms with Crippen LogP contribution in [-0.2, 0) is 20.8 Å². The van der Waals surface area contributed by atoms with Crippen molar-refractivity contribution in [3.8, 4) is 5.75 Å². The van der Waals surface area contributed by atoms with Crippen molar-refractivity contribution in [3.63, 3.8) is 0 Å². The summed E-state index contributed by atoms with van der Waals surface area (Å²) in [6.45, 7) is 2.78. The Morgan fingerprint density at radius 1 is 0.909 bits per heavy atom. The van der Waals surface area contributed by atoms with Gasteiger partial charge in [0.1, 0.15) is 23.7 Å². The summed E-state index contributed by atoms with van der Waals surface area (Å²) in [4.78, 5) is 52.5. The molecule has 3 rings (SSSR count). The van der Waals surface area contributed by atoms with Gasteiger partial charge >= 0.3 is 6.18 Å². The quantitative estimate of drug-likeness (QED) is 0.223. The molecule has 0 heterocycles. The lowest BCUT2D eigenvalue weighted by Gasteiger charge is -2.26. The zero-order valence-corrected chi connectivity index (χ0v) is 24.8. The SMILES string of the molecule is COc1ccc([C@H](NC(=O)[C@H](Cc2cccc(F)c2)NC(=O)c2cccc(Cl)c2)C(=O)C[C@H](C(=O)C(F)(F)F)C(C)C)cc1. The molecule has 234 valence electrons. The maximum absolute atomic E-state index is 14.0. The molecule has 2 amide bonds. The van der Waals surface area contributed by atoms with Gasteiger partial charge in [0, 0.05) is 29.3 Å². The van der Waals surface area contributed by atoms with Crippen molar-refractivity contribution >= 4 is 35.0 Å². The van der Waals surface area contributed by atoms with Crippen molar-refractivity contribution in [2.75, 3.05) is 7.11 Å². The Morgan fingerprint density at radius 2 is 1.57 bits per heavy atom. The summed E-state index contributed by atoms with van der Waals surface area (Å²) in [6.07, 6.45) is -6.16. The van der Waals surface area contributed by atoms with Crippen LogP contribution in [0.1, 0.15) is 47.8 Å². The summed E-state index contributed by atoms with van der Waals surface area (Å²) in [5, 5.41) is 5.38. The van der Waals surface area contributed by atoms with E-state index in [2.05, 4.69) is 10.6 Å². The topological polar surface area (TPSA) is 102 Å².